The minimum atomic E-state index is -0.611. The Bertz CT molecular complexity index is 337. The zero-order valence-corrected chi connectivity index (χ0v) is 12.6. The Hall–Kier alpha value is -0.420. The van der Waals surface area contributed by atoms with Gasteiger partial charge in [0.25, 0.3) is 0 Å². The van der Waals surface area contributed by atoms with E-state index in [0.717, 1.165) is 12.8 Å². The quantitative estimate of drug-likeness (QED) is 0.723. The predicted octanol–water partition coefficient (Wildman–Crippen LogP) is 3.06. The molecule has 2 heterocycles. The molecule has 1 spiro atoms. The maximum absolute atomic E-state index is 12.7. The molecule has 0 unspecified atom stereocenters. The number of nitrogens with zero attached hydrogens (tertiary/aromatic N) is 1. The summed E-state index contributed by atoms with van der Waals surface area (Å²) in [7, 11) is 0. The standard InChI is InChI=1S/C15H26NO3/c1-5-14(6-2)12-15(11-13(3,4)16(14)17)18-9-7-8-10-19-15/h7-8H,5-6,9-12H2,1-4H3. The summed E-state index contributed by atoms with van der Waals surface area (Å²) in [6, 6.07) is 0. The van der Waals surface area contributed by atoms with Gasteiger partial charge in [0.2, 0.25) is 0 Å². The van der Waals surface area contributed by atoms with Gasteiger partial charge in [0, 0.05) is 18.4 Å². The molecule has 2 aliphatic heterocycles. The molecule has 0 amide bonds. The van der Waals surface area contributed by atoms with E-state index in [9.17, 15) is 5.21 Å². The van der Waals surface area contributed by atoms with Crippen molar-refractivity contribution in [3.63, 3.8) is 0 Å². The van der Waals surface area contributed by atoms with Crippen LogP contribution < -0.4 is 0 Å². The molecule has 0 aromatic heterocycles. The van der Waals surface area contributed by atoms with Crippen LogP contribution in [0.25, 0.3) is 0 Å². The van der Waals surface area contributed by atoms with E-state index >= 15 is 0 Å². The first-order valence-electron chi connectivity index (χ1n) is 7.30. The molecule has 0 saturated carbocycles. The minimum absolute atomic E-state index is 0.383. The Morgan fingerprint density at radius 3 is 2.05 bits per heavy atom. The summed E-state index contributed by atoms with van der Waals surface area (Å²) in [4.78, 5) is 0. The fourth-order valence-electron chi connectivity index (χ4n) is 3.58. The highest BCUT2D eigenvalue weighted by molar-refractivity contribution is 5.05. The lowest BCUT2D eigenvalue weighted by atomic mass is 9.73. The van der Waals surface area contributed by atoms with Crippen molar-refractivity contribution in [2.24, 2.45) is 0 Å². The molecule has 19 heavy (non-hydrogen) atoms. The molecular formula is C15H26NO3. The van der Waals surface area contributed by atoms with Crippen LogP contribution in [0.15, 0.2) is 12.2 Å². The molecule has 4 heteroatoms. The van der Waals surface area contributed by atoms with Gasteiger partial charge in [-0.3, -0.25) is 0 Å². The van der Waals surface area contributed by atoms with Crippen molar-refractivity contribution in [2.75, 3.05) is 13.2 Å². The third-order valence-corrected chi connectivity index (χ3v) is 4.65. The Balaban J connectivity index is 2.33. The van der Waals surface area contributed by atoms with Gasteiger partial charge in [-0.25, -0.2) is 0 Å². The molecule has 0 aromatic rings. The lowest BCUT2D eigenvalue weighted by Crippen LogP contribution is -2.66. The summed E-state index contributed by atoms with van der Waals surface area (Å²) in [5, 5.41) is 14.0. The van der Waals surface area contributed by atoms with Gasteiger partial charge in [0.15, 0.2) is 5.79 Å². The van der Waals surface area contributed by atoms with Crippen LogP contribution in [-0.2, 0) is 14.7 Å². The average molecular weight is 268 g/mol. The normalized spacial score (nSPS) is 29.3. The second-order valence-corrected chi connectivity index (χ2v) is 6.40. The van der Waals surface area contributed by atoms with Gasteiger partial charge in [-0.05, 0) is 26.7 Å². The Labute approximate surface area is 116 Å². The molecule has 2 rings (SSSR count). The van der Waals surface area contributed by atoms with Crippen LogP contribution in [-0.4, -0.2) is 35.1 Å². The molecule has 1 fully saturated rings. The maximum Gasteiger partial charge on any atom is 0.172 e. The molecule has 0 aliphatic carbocycles. The van der Waals surface area contributed by atoms with Gasteiger partial charge in [-0.2, -0.15) is 0 Å². The maximum atomic E-state index is 12.7. The van der Waals surface area contributed by atoms with Crippen LogP contribution in [0.1, 0.15) is 53.4 Å². The summed E-state index contributed by atoms with van der Waals surface area (Å²) in [5.74, 6) is -0.611. The van der Waals surface area contributed by atoms with Crippen molar-refractivity contribution in [1.29, 1.82) is 0 Å². The molecule has 1 radical (unpaired) electrons. The SMILES string of the molecule is CCC1(CC)CC2(CC(C)(C)N1[O])OCC=CCO2. The van der Waals surface area contributed by atoms with Gasteiger partial charge in [0.05, 0.1) is 18.8 Å². The summed E-state index contributed by atoms with van der Waals surface area (Å²) in [6.07, 6.45) is 6.89. The monoisotopic (exact) mass is 268 g/mol. The predicted molar refractivity (Wildman–Crippen MR) is 72.9 cm³/mol. The summed E-state index contributed by atoms with van der Waals surface area (Å²) < 4.78 is 12.0. The fraction of sp³-hybridized carbons (Fsp3) is 0.867. The number of rotatable bonds is 2. The fourth-order valence-corrected chi connectivity index (χ4v) is 3.58. The van der Waals surface area contributed by atoms with Crippen LogP contribution >= 0.6 is 0 Å². The number of hydroxylamine groups is 2. The minimum Gasteiger partial charge on any atom is -0.346 e. The highest BCUT2D eigenvalue weighted by Gasteiger charge is 2.57. The van der Waals surface area contributed by atoms with E-state index in [2.05, 4.69) is 13.8 Å². The Morgan fingerprint density at radius 1 is 1.05 bits per heavy atom. The van der Waals surface area contributed by atoms with Crippen molar-refractivity contribution in [2.45, 2.75) is 70.2 Å². The van der Waals surface area contributed by atoms with Crippen LogP contribution in [0.5, 0.6) is 0 Å². The first kappa shape index (κ1) is 15.0. The van der Waals surface area contributed by atoms with Crippen LogP contribution in [0, 0.1) is 0 Å². The van der Waals surface area contributed by atoms with Gasteiger partial charge in [-0.15, -0.1) is 10.3 Å². The molecule has 0 aromatic carbocycles. The third-order valence-electron chi connectivity index (χ3n) is 4.65. The van der Waals surface area contributed by atoms with Crippen molar-refractivity contribution in [1.82, 2.24) is 5.06 Å². The van der Waals surface area contributed by atoms with Gasteiger partial charge < -0.3 is 9.47 Å². The van der Waals surface area contributed by atoms with E-state index in [0.29, 0.717) is 26.1 Å². The molecular weight excluding hydrogens is 242 g/mol. The first-order valence-corrected chi connectivity index (χ1v) is 7.30. The highest BCUT2D eigenvalue weighted by atomic mass is 16.7. The second-order valence-electron chi connectivity index (χ2n) is 6.40. The van der Waals surface area contributed by atoms with Gasteiger partial charge in [-0.1, -0.05) is 26.0 Å². The van der Waals surface area contributed by atoms with E-state index < -0.39 is 11.3 Å². The molecule has 2 aliphatic rings. The lowest BCUT2D eigenvalue weighted by Gasteiger charge is -2.56. The average Bonchev–Trinajstić information content (AvgIpc) is 2.59. The van der Waals surface area contributed by atoms with E-state index in [-0.39, 0.29) is 5.54 Å². The molecule has 4 nitrogen and oxygen atoms in total. The van der Waals surface area contributed by atoms with Crippen LogP contribution in [0.3, 0.4) is 0 Å². The second kappa shape index (κ2) is 5.17. The zero-order valence-electron chi connectivity index (χ0n) is 12.6. The number of ether oxygens (including phenoxy) is 2. The molecule has 1 saturated heterocycles. The number of hydrogen-bond donors (Lipinski definition) is 0. The Kier molecular flexibility index (Phi) is 4.07. The van der Waals surface area contributed by atoms with Gasteiger partial charge >= 0.3 is 0 Å². The van der Waals surface area contributed by atoms with Gasteiger partial charge in [0.1, 0.15) is 0 Å². The number of piperidine rings is 1. The smallest absolute Gasteiger partial charge is 0.172 e. The van der Waals surface area contributed by atoms with Crippen molar-refractivity contribution < 1.29 is 14.7 Å². The Morgan fingerprint density at radius 2 is 1.58 bits per heavy atom. The third kappa shape index (κ3) is 2.59. The van der Waals surface area contributed by atoms with E-state index in [1.807, 2.05) is 26.0 Å². The molecule has 0 N–H and O–H groups in total. The number of hydrogen-bond acceptors (Lipinski definition) is 3. The summed E-state index contributed by atoms with van der Waals surface area (Å²) in [5.41, 5.74) is -0.847. The first-order chi connectivity index (χ1) is 8.90. The van der Waals surface area contributed by atoms with Crippen LogP contribution in [0.4, 0.5) is 0 Å². The van der Waals surface area contributed by atoms with Crippen molar-refractivity contribution >= 4 is 0 Å². The van der Waals surface area contributed by atoms with Crippen molar-refractivity contribution in [3.05, 3.63) is 12.2 Å². The highest BCUT2D eigenvalue weighted by Crippen LogP contribution is 2.48. The van der Waals surface area contributed by atoms with E-state index in [1.165, 1.54) is 5.06 Å². The largest absolute Gasteiger partial charge is 0.346 e. The lowest BCUT2D eigenvalue weighted by molar-refractivity contribution is -0.365. The van der Waals surface area contributed by atoms with Crippen molar-refractivity contribution in [3.8, 4) is 0 Å². The zero-order chi connectivity index (χ0) is 14.1. The van der Waals surface area contributed by atoms with E-state index in [4.69, 9.17) is 9.47 Å². The molecule has 0 atom stereocenters. The van der Waals surface area contributed by atoms with E-state index in [1.54, 1.807) is 0 Å². The van der Waals surface area contributed by atoms with Crippen LogP contribution in [0.2, 0.25) is 0 Å². The topological polar surface area (TPSA) is 41.6 Å². The molecule has 109 valence electrons. The molecule has 0 bridgehead atoms. The summed E-state index contributed by atoms with van der Waals surface area (Å²) in [6.45, 7) is 9.28. The summed E-state index contributed by atoms with van der Waals surface area (Å²) >= 11 is 0.